The van der Waals surface area contributed by atoms with Gasteiger partial charge in [-0.15, -0.1) is 13.2 Å². The smallest absolute Gasteiger partial charge is 0.334 e. The number of rotatable bonds is 7. The number of nitrogens with two attached hydrogens (primary N) is 1. The van der Waals surface area contributed by atoms with Crippen molar-refractivity contribution in [2.24, 2.45) is 5.73 Å². The third-order valence-corrected chi connectivity index (χ3v) is 1.91. The van der Waals surface area contributed by atoms with Crippen LogP contribution in [0.4, 0.5) is 0 Å². The van der Waals surface area contributed by atoms with E-state index in [9.17, 15) is 4.79 Å². The van der Waals surface area contributed by atoms with Gasteiger partial charge in [0.05, 0.1) is 0 Å². The third-order valence-electron chi connectivity index (χ3n) is 1.91. The molecule has 0 rings (SSSR count). The number of carbonyl (C=O) groups is 1. The Hall–Kier alpha value is -1.35. The first-order chi connectivity index (χ1) is 6.95. The average molecular weight is 209 g/mol. The highest BCUT2D eigenvalue weighted by Crippen LogP contribution is 2.18. The normalized spacial score (nSPS) is 13.7. The summed E-state index contributed by atoms with van der Waals surface area (Å²) in [6, 6.07) is 0. The molecule has 2 N–H and O–H groups in total. The highest BCUT2D eigenvalue weighted by Gasteiger charge is 2.27. The van der Waals surface area contributed by atoms with Gasteiger partial charge in [0, 0.05) is 18.4 Å². The largest absolute Gasteiger partial charge is 0.440 e. The Kier molecular flexibility index (Phi) is 5.64. The second-order valence-corrected chi connectivity index (χ2v) is 3.55. The predicted molar refractivity (Wildman–Crippen MR) is 62.1 cm³/mol. The van der Waals surface area contributed by atoms with Crippen LogP contribution in [0.15, 0.2) is 37.5 Å². The molecule has 84 valence electrons. The second kappa shape index (κ2) is 6.19. The molecule has 1 atom stereocenters. The van der Waals surface area contributed by atoms with E-state index in [1.807, 2.05) is 0 Å². The number of carbonyl (C=O) groups excluding carboxylic acids is 1. The lowest BCUT2D eigenvalue weighted by Gasteiger charge is -2.27. The molecule has 0 aromatic carbocycles. The van der Waals surface area contributed by atoms with Crippen LogP contribution in [0.2, 0.25) is 0 Å². The molecular formula is C12H19NO2. The van der Waals surface area contributed by atoms with Gasteiger partial charge >= 0.3 is 5.97 Å². The summed E-state index contributed by atoms with van der Waals surface area (Å²) in [7, 11) is 0. The van der Waals surface area contributed by atoms with Crippen molar-refractivity contribution in [2.75, 3.05) is 0 Å². The summed E-state index contributed by atoms with van der Waals surface area (Å²) in [4.78, 5) is 11.3. The third kappa shape index (κ3) is 5.18. The van der Waals surface area contributed by atoms with Crippen molar-refractivity contribution in [3.05, 3.63) is 37.5 Å². The van der Waals surface area contributed by atoms with Crippen LogP contribution in [0.3, 0.4) is 0 Å². The van der Waals surface area contributed by atoms with E-state index in [4.69, 9.17) is 10.5 Å². The number of esters is 1. The SMILES string of the molecule is C=CCCC(N)(CC=C)OC(=O)C(=C)C. The van der Waals surface area contributed by atoms with E-state index >= 15 is 0 Å². The Morgan fingerprint density at radius 3 is 2.47 bits per heavy atom. The number of hydrogen-bond acceptors (Lipinski definition) is 3. The molecule has 0 aliphatic carbocycles. The highest BCUT2D eigenvalue weighted by atomic mass is 16.6. The van der Waals surface area contributed by atoms with Gasteiger partial charge in [-0.25, -0.2) is 4.79 Å². The van der Waals surface area contributed by atoms with Crippen molar-refractivity contribution in [3.8, 4) is 0 Å². The molecule has 0 bridgehead atoms. The van der Waals surface area contributed by atoms with Crippen LogP contribution in [-0.4, -0.2) is 11.7 Å². The molecule has 1 unspecified atom stereocenters. The standard InChI is InChI=1S/C12H19NO2/c1-5-7-9-12(13,8-6-2)15-11(14)10(3)4/h5-6H,1-3,7-9,13H2,4H3. The maximum Gasteiger partial charge on any atom is 0.334 e. The van der Waals surface area contributed by atoms with Gasteiger partial charge in [-0.1, -0.05) is 18.7 Å². The van der Waals surface area contributed by atoms with Gasteiger partial charge < -0.3 is 4.74 Å². The van der Waals surface area contributed by atoms with E-state index in [0.29, 0.717) is 24.8 Å². The lowest BCUT2D eigenvalue weighted by Crippen LogP contribution is -2.44. The number of allylic oxidation sites excluding steroid dienone is 1. The Bertz CT molecular complexity index is 271. The molecular weight excluding hydrogens is 190 g/mol. The molecule has 0 saturated heterocycles. The Labute approximate surface area is 91.3 Å². The molecule has 0 amide bonds. The maximum absolute atomic E-state index is 11.3. The molecule has 3 nitrogen and oxygen atoms in total. The predicted octanol–water partition coefficient (Wildman–Crippen LogP) is 2.30. The van der Waals surface area contributed by atoms with Crippen molar-refractivity contribution >= 4 is 5.97 Å². The van der Waals surface area contributed by atoms with Crippen molar-refractivity contribution in [1.82, 2.24) is 0 Å². The molecule has 0 saturated carbocycles. The van der Waals surface area contributed by atoms with Crippen LogP contribution < -0.4 is 5.73 Å². The van der Waals surface area contributed by atoms with Crippen LogP contribution in [0.25, 0.3) is 0 Å². The van der Waals surface area contributed by atoms with Gasteiger partial charge in [-0.05, 0) is 13.3 Å². The van der Waals surface area contributed by atoms with E-state index < -0.39 is 11.7 Å². The summed E-state index contributed by atoms with van der Waals surface area (Å²) in [5.41, 5.74) is 5.28. The Morgan fingerprint density at radius 2 is 2.07 bits per heavy atom. The quantitative estimate of drug-likeness (QED) is 0.303. The van der Waals surface area contributed by atoms with Crippen LogP contribution in [0.1, 0.15) is 26.2 Å². The van der Waals surface area contributed by atoms with E-state index in [-0.39, 0.29) is 0 Å². The molecule has 0 radical (unpaired) electrons. The zero-order chi connectivity index (χ0) is 11.9. The zero-order valence-corrected chi connectivity index (χ0v) is 9.29. The van der Waals surface area contributed by atoms with Gasteiger partial charge in [-0.3, -0.25) is 5.73 Å². The summed E-state index contributed by atoms with van der Waals surface area (Å²) in [6.45, 7) is 12.3. The molecule has 0 heterocycles. The molecule has 15 heavy (non-hydrogen) atoms. The Balaban J connectivity index is 4.48. The highest BCUT2D eigenvalue weighted by molar-refractivity contribution is 5.87. The van der Waals surface area contributed by atoms with Crippen LogP contribution >= 0.6 is 0 Å². The average Bonchev–Trinajstić information content (AvgIpc) is 2.15. The van der Waals surface area contributed by atoms with Crippen molar-refractivity contribution in [1.29, 1.82) is 0 Å². The molecule has 0 aliphatic heterocycles. The summed E-state index contributed by atoms with van der Waals surface area (Å²) >= 11 is 0. The molecule has 3 heteroatoms. The number of ether oxygens (including phenoxy) is 1. The zero-order valence-electron chi connectivity index (χ0n) is 9.29. The van der Waals surface area contributed by atoms with Gasteiger partial charge in [0.15, 0.2) is 5.72 Å². The second-order valence-electron chi connectivity index (χ2n) is 3.55. The fourth-order valence-corrected chi connectivity index (χ4v) is 1.06. The lowest BCUT2D eigenvalue weighted by molar-refractivity contribution is -0.154. The van der Waals surface area contributed by atoms with Crippen molar-refractivity contribution in [2.45, 2.75) is 31.9 Å². The maximum atomic E-state index is 11.3. The molecule has 0 aromatic heterocycles. The summed E-state index contributed by atoms with van der Waals surface area (Å²) < 4.78 is 5.16. The molecule has 0 spiro atoms. The minimum absolute atomic E-state index is 0.340. The van der Waals surface area contributed by atoms with Crippen LogP contribution in [0, 0.1) is 0 Å². The van der Waals surface area contributed by atoms with Gasteiger partial charge in [0.25, 0.3) is 0 Å². The first-order valence-electron chi connectivity index (χ1n) is 4.84. The molecule has 0 aliphatic rings. The van der Waals surface area contributed by atoms with Crippen LogP contribution in [-0.2, 0) is 9.53 Å². The topological polar surface area (TPSA) is 52.3 Å². The Morgan fingerprint density at radius 1 is 1.47 bits per heavy atom. The summed E-state index contributed by atoms with van der Waals surface area (Å²) in [6.07, 6.45) is 5.00. The minimum Gasteiger partial charge on any atom is -0.440 e. The van der Waals surface area contributed by atoms with E-state index in [0.717, 1.165) is 0 Å². The van der Waals surface area contributed by atoms with Gasteiger partial charge in [-0.2, -0.15) is 0 Å². The van der Waals surface area contributed by atoms with Gasteiger partial charge in [0.1, 0.15) is 0 Å². The van der Waals surface area contributed by atoms with E-state index in [1.54, 1.807) is 19.1 Å². The fraction of sp³-hybridized carbons (Fsp3) is 0.417. The van der Waals surface area contributed by atoms with Crippen molar-refractivity contribution in [3.63, 3.8) is 0 Å². The summed E-state index contributed by atoms with van der Waals surface area (Å²) in [5.74, 6) is -0.469. The summed E-state index contributed by atoms with van der Waals surface area (Å²) in [5, 5.41) is 0. The molecule has 0 fully saturated rings. The first kappa shape index (κ1) is 13.7. The number of hydrogen-bond donors (Lipinski definition) is 1. The lowest BCUT2D eigenvalue weighted by atomic mass is 10.0. The monoisotopic (exact) mass is 209 g/mol. The minimum atomic E-state index is -0.994. The fourth-order valence-electron chi connectivity index (χ4n) is 1.06. The van der Waals surface area contributed by atoms with Crippen molar-refractivity contribution < 1.29 is 9.53 Å². The van der Waals surface area contributed by atoms with Gasteiger partial charge in [0.2, 0.25) is 0 Å². The van der Waals surface area contributed by atoms with Crippen LogP contribution in [0.5, 0.6) is 0 Å². The van der Waals surface area contributed by atoms with E-state index in [1.165, 1.54) is 0 Å². The first-order valence-corrected chi connectivity index (χ1v) is 4.84. The molecule has 0 aromatic rings. The van der Waals surface area contributed by atoms with E-state index in [2.05, 4.69) is 19.7 Å².